The predicted octanol–water partition coefficient (Wildman–Crippen LogP) is 1.17. The Balaban J connectivity index is 2.86. The largest absolute Gasteiger partial charge is 0.264 e. The van der Waals surface area contributed by atoms with Gasteiger partial charge in [0, 0.05) is 11.1 Å². The zero-order chi connectivity index (χ0) is 8.27. The average molecular weight is 152 g/mol. The van der Waals surface area contributed by atoms with Gasteiger partial charge < -0.3 is 0 Å². The van der Waals surface area contributed by atoms with Crippen LogP contribution in [0.15, 0.2) is 18.3 Å². The summed E-state index contributed by atoms with van der Waals surface area (Å²) >= 11 is 0. The quantitative estimate of drug-likeness (QED) is 0.472. The Labute approximate surface area is 64.0 Å². The highest BCUT2D eigenvalue weighted by atomic mass is 16.6. The smallest absolute Gasteiger partial charge is 0.245 e. The monoisotopic (exact) mass is 152 g/mol. The van der Waals surface area contributed by atoms with E-state index in [2.05, 4.69) is 4.98 Å². The first-order chi connectivity index (χ1) is 5.20. The molecule has 1 heterocycles. The van der Waals surface area contributed by atoms with Crippen LogP contribution >= 0.6 is 0 Å². The molecule has 0 saturated carbocycles. The summed E-state index contributed by atoms with van der Waals surface area (Å²) in [5, 5.41) is 10.1. The second-order valence-corrected chi connectivity index (χ2v) is 2.26. The molecular weight excluding hydrogens is 144 g/mol. The summed E-state index contributed by atoms with van der Waals surface area (Å²) in [5.74, 6) is 0. The van der Waals surface area contributed by atoms with Crippen molar-refractivity contribution < 1.29 is 4.92 Å². The van der Waals surface area contributed by atoms with Crippen molar-refractivity contribution in [3.05, 3.63) is 39.7 Å². The van der Waals surface area contributed by atoms with Crippen molar-refractivity contribution in [2.24, 2.45) is 0 Å². The third-order valence-corrected chi connectivity index (χ3v) is 1.40. The normalized spacial score (nSPS) is 9.55. The van der Waals surface area contributed by atoms with Gasteiger partial charge in [-0.2, -0.15) is 0 Å². The molecule has 0 atom stereocenters. The van der Waals surface area contributed by atoms with Crippen LogP contribution in [0.1, 0.15) is 11.3 Å². The van der Waals surface area contributed by atoms with Crippen molar-refractivity contribution in [3.8, 4) is 0 Å². The van der Waals surface area contributed by atoms with Gasteiger partial charge in [-0.3, -0.25) is 15.1 Å². The Morgan fingerprint density at radius 3 is 3.00 bits per heavy atom. The minimum Gasteiger partial charge on any atom is -0.264 e. The average Bonchev–Trinajstić information content (AvgIpc) is 1.93. The third-order valence-electron chi connectivity index (χ3n) is 1.40. The number of aryl methyl sites for hydroxylation is 1. The summed E-state index contributed by atoms with van der Waals surface area (Å²) in [4.78, 5) is 13.6. The van der Waals surface area contributed by atoms with E-state index in [0.717, 1.165) is 5.56 Å². The Morgan fingerprint density at radius 1 is 1.73 bits per heavy atom. The molecule has 0 saturated heterocycles. The highest BCUT2D eigenvalue weighted by Crippen LogP contribution is 2.03. The number of nitro groups is 1. The van der Waals surface area contributed by atoms with E-state index >= 15 is 0 Å². The molecule has 0 bridgehead atoms. The Morgan fingerprint density at radius 2 is 2.45 bits per heavy atom. The first-order valence-corrected chi connectivity index (χ1v) is 3.22. The molecule has 1 rings (SSSR count). The summed E-state index contributed by atoms with van der Waals surface area (Å²) in [7, 11) is 0. The lowest BCUT2D eigenvalue weighted by Crippen LogP contribution is -2.02. The molecule has 0 aliphatic carbocycles. The van der Waals surface area contributed by atoms with Crippen LogP contribution < -0.4 is 0 Å². The van der Waals surface area contributed by atoms with Gasteiger partial charge in [-0.25, -0.2) is 0 Å². The van der Waals surface area contributed by atoms with Gasteiger partial charge in [0.15, 0.2) is 0 Å². The summed E-state index contributed by atoms with van der Waals surface area (Å²) in [6, 6.07) is 3.57. The molecule has 0 radical (unpaired) electrons. The van der Waals surface area contributed by atoms with Crippen LogP contribution in [-0.2, 0) is 6.54 Å². The lowest BCUT2D eigenvalue weighted by atomic mass is 10.2. The van der Waals surface area contributed by atoms with Crippen LogP contribution in [0.25, 0.3) is 0 Å². The van der Waals surface area contributed by atoms with Crippen LogP contribution in [0.3, 0.4) is 0 Å². The second-order valence-electron chi connectivity index (χ2n) is 2.26. The van der Waals surface area contributed by atoms with Crippen molar-refractivity contribution in [2.45, 2.75) is 13.5 Å². The molecule has 4 heteroatoms. The highest BCUT2D eigenvalue weighted by Gasteiger charge is 2.04. The fourth-order valence-corrected chi connectivity index (χ4v) is 0.806. The van der Waals surface area contributed by atoms with E-state index < -0.39 is 0 Å². The van der Waals surface area contributed by atoms with Crippen molar-refractivity contribution in [1.29, 1.82) is 0 Å². The molecule has 11 heavy (non-hydrogen) atoms. The molecule has 0 aromatic carbocycles. The van der Waals surface area contributed by atoms with Gasteiger partial charge in [-0.05, 0) is 18.6 Å². The van der Waals surface area contributed by atoms with Crippen LogP contribution in [-0.4, -0.2) is 9.91 Å². The molecule has 1 aromatic rings. The Hall–Kier alpha value is -1.45. The maximum atomic E-state index is 10.1. The zero-order valence-corrected chi connectivity index (χ0v) is 6.15. The molecule has 0 amide bonds. The molecule has 0 unspecified atom stereocenters. The SMILES string of the molecule is Cc1cccnc1C[N+](=O)[O-]. The lowest BCUT2D eigenvalue weighted by Gasteiger charge is -1.96. The van der Waals surface area contributed by atoms with Crippen molar-refractivity contribution in [3.63, 3.8) is 0 Å². The second kappa shape index (κ2) is 3.09. The fourth-order valence-electron chi connectivity index (χ4n) is 0.806. The van der Waals surface area contributed by atoms with E-state index in [-0.39, 0.29) is 11.5 Å². The number of pyridine rings is 1. The molecule has 0 aliphatic rings. The van der Waals surface area contributed by atoms with E-state index in [0.29, 0.717) is 5.69 Å². The summed E-state index contributed by atoms with van der Waals surface area (Å²) in [6.07, 6.45) is 1.56. The first kappa shape index (κ1) is 7.65. The molecule has 0 aliphatic heterocycles. The van der Waals surface area contributed by atoms with Crippen LogP contribution in [0.5, 0.6) is 0 Å². The van der Waals surface area contributed by atoms with E-state index in [4.69, 9.17) is 0 Å². The minimum absolute atomic E-state index is 0.188. The number of hydrogen-bond acceptors (Lipinski definition) is 3. The van der Waals surface area contributed by atoms with Gasteiger partial charge in [-0.15, -0.1) is 0 Å². The minimum atomic E-state index is -0.380. The highest BCUT2D eigenvalue weighted by molar-refractivity contribution is 5.16. The van der Waals surface area contributed by atoms with Gasteiger partial charge in [-0.1, -0.05) is 6.07 Å². The molecule has 0 fully saturated rings. The van der Waals surface area contributed by atoms with Gasteiger partial charge in [0.25, 0.3) is 0 Å². The summed E-state index contributed by atoms with van der Waals surface area (Å²) < 4.78 is 0. The Kier molecular flexibility index (Phi) is 2.15. The van der Waals surface area contributed by atoms with E-state index in [1.54, 1.807) is 12.3 Å². The van der Waals surface area contributed by atoms with E-state index in [9.17, 15) is 10.1 Å². The van der Waals surface area contributed by atoms with Crippen molar-refractivity contribution in [2.75, 3.05) is 0 Å². The zero-order valence-electron chi connectivity index (χ0n) is 6.15. The van der Waals surface area contributed by atoms with E-state index in [1.807, 2.05) is 13.0 Å². The lowest BCUT2D eigenvalue weighted by molar-refractivity contribution is -0.497. The Bertz CT molecular complexity index is 273. The molecule has 58 valence electrons. The number of nitrogens with zero attached hydrogens (tertiary/aromatic N) is 2. The molecule has 0 spiro atoms. The van der Waals surface area contributed by atoms with Gasteiger partial charge >= 0.3 is 0 Å². The summed E-state index contributed by atoms with van der Waals surface area (Å²) in [5.41, 5.74) is 1.40. The molecule has 0 N–H and O–H groups in total. The maximum Gasteiger partial charge on any atom is 0.245 e. The van der Waals surface area contributed by atoms with Gasteiger partial charge in [0.05, 0.1) is 0 Å². The molecular formula is C7H8N2O2. The fraction of sp³-hybridized carbons (Fsp3) is 0.286. The van der Waals surface area contributed by atoms with Crippen LogP contribution in [0.2, 0.25) is 0 Å². The standard InChI is InChI=1S/C7H8N2O2/c1-6-3-2-4-8-7(6)5-9(10)11/h2-4H,5H2,1H3. The molecule has 4 nitrogen and oxygen atoms in total. The topological polar surface area (TPSA) is 56.0 Å². The summed E-state index contributed by atoms with van der Waals surface area (Å²) in [6.45, 7) is 1.62. The van der Waals surface area contributed by atoms with Crippen molar-refractivity contribution >= 4 is 0 Å². The van der Waals surface area contributed by atoms with E-state index in [1.165, 1.54) is 0 Å². The van der Waals surface area contributed by atoms with Crippen LogP contribution in [0.4, 0.5) is 0 Å². The molecule has 1 aromatic heterocycles. The number of hydrogen-bond donors (Lipinski definition) is 0. The van der Waals surface area contributed by atoms with Gasteiger partial charge in [0.1, 0.15) is 5.69 Å². The van der Waals surface area contributed by atoms with Crippen molar-refractivity contribution in [1.82, 2.24) is 4.98 Å². The van der Waals surface area contributed by atoms with Crippen LogP contribution in [0, 0.1) is 17.0 Å². The third kappa shape index (κ3) is 2.00. The van der Waals surface area contributed by atoms with Gasteiger partial charge in [0.2, 0.25) is 6.54 Å². The maximum absolute atomic E-state index is 10.1. The predicted molar refractivity (Wildman–Crippen MR) is 39.7 cm³/mol. The first-order valence-electron chi connectivity index (χ1n) is 3.22. The number of rotatable bonds is 2. The number of aromatic nitrogens is 1.